The molecule has 104 valence electrons. The van der Waals surface area contributed by atoms with Crippen LogP contribution in [0.2, 0.25) is 0 Å². The van der Waals surface area contributed by atoms with E-state index < -0.39 is 11.7 Å². The Hall–Kier alpha value is -1.29. The summed E-state index contributed by atoms with van der Waals surface area (Å²) >= 11 is 5.74. The summed E-state index contributed by atoms with van der Waals surface area (Å²) in [6.07, 6.45) is 3.97. The minimum Gasteiger partial charge on any atom is -0.507 e. The van der Waals surface area contributed by atoms with Gasteiger partial charge in [-0.15, -0.1) is 11.6 Å². The van der Waals surface area contributed by atoms with Crippen LogP contribution >= 0.6 is 11.6 Å². The van der Waals surface area contributed by atoms with Crippen molar-refractivity contribution in [2.24, 2.45) is 0 Å². The van der Waals surface area contributed by atoms with Gasteiger partial charge in [0, 0.05) is 18.5 Å². The zero-order chi connectivity index (χ0) is 13.8. The summed E-state index contributed by atoms with van der Waals surface area (Å²) < 4.78 is 13.7. The number of rotatable bonds is 4. The van der Waals surface area contributed by atoms with Gasteiger partial charge in [0.05, 0.1) is 0 Å². The number of hydrogen-bond donors (Lipinski definition) is 1. The van der Waals surface area contributed by atoms with Gasteiger partial charge in [0.25, 0.3) is 5.91 Å². The number of hydrogen-bond acceptors (Lipinski definition) is 2. The highest BCUT2D eigenvalue weighted by Gasteiger charge is 2.29. The van der Waals surface area contributed by atoms with Gasteiger partial charge in [0.15, 0.2) is 0 Å². The van der Waals surface area contributed by atoms with Crippen molar-refractivity contribution in [2.75, 3.05) is 12.4 Å². The van der Waals surface area contributed by atoms with Crippen LogP contribution in [-0.4, -0.2) is 34.4 Å². The van der Waals surface area contributed by atoms with Crippen LogP contribution in [0, 0.1) is 5.82 Å². The number of nitrogens with zero attached hydrogens (tertiary/aromatic N) is 1. The summed E-state index contributed by atoms with van der Waals surface area (Å²) in [6.45, 7) is 0.374. The van der Waals surface area contributed by atoms with Crippen molar-refractivity contribution < 1.29 is 14.3 Å². The molecular weight excluding hydrogens is 269 g/mol. The van der Waals surface area contributed by atoms with Gasteiger partial charge in [-0.2, -0.15) is 0 Å². The first-order valence-electron chi connectivity index (χ1n) is 6.49. The molecule has 0 bridgehead atoms. The predicted molar refractivity (Wildman–Crippen MR) is 72.1 cm³/mol. The Kier molecular flexibility index (Phi) is 4.64. The number of phenols is 1. The molecule has 0 atom stereocenters. The fourth-order valence-corrected chi connectivity index (χ4v) is 2.81. The van der Waals surface area contributed by atoms with Gasteiger partial charge in [0.2, 0.25) is 0 Å². The van der Waals surface area contributed by atoms with Crippen LogP contribution in [0.3, 0.4) is 0 Å². The topological polar surface area (TPSA) is 40.5 Å². The first-order chi connectivity index (χ1) is 9.15. The first kappa shape index (κ1) is 14.1. The van der Waals surface area contributed by atoms with Crippen molar-refractivity contribution in [1.29, 1.82) is 0 Å². The van der Waals surface area contributed by atoms with E-state index in [1.165, 1.54) is 18.2 Å². The monoisotopic (exact) mass is 285 g/mol. The molecule has 1 N–H and O–H groups in total. The minimum absolute atomic E-state index is 0.102. The summed E-state index contributed by atoms with van der Waals surface area (Å²) in [7, 11) is 0. The third kappa shape index (κ3) is 3.00. The second kappa shape index (κ2) is 6.24. The molecule has 1 aromatic carbocycles. The maximum Gasteiger partial charge on any atom is 0.260 e. The molecule has 0 heterocycles. The number of alkyl halides is 1. The molecule has 0 radical (unpaired) electrons. The standard InChI is InChI=1S/C14H17ClFNO2/c15-8-9-17(10-4-1-2-5-10)14(19)13-11(16)6-3-7-12(13)18/h3,6-7,10,18H,1-2,4-5,8-9H2. The van der Waals surface area contributed by atoms with E-state index in [1.807, 2.05) is 0 Å². The van der Waals surface area contributed by atoms with Crippen molar-refractivity contribution in [2.45, 2.75) is 31.7 Å². The van der Waals surface area contributed by atoms with Crippen molar-refractivity contribution >= 4 is 17.5 Å². The number of benzene rings is 1. The van der Waals surface area contributed by atoms with E-state index in [0.717, 1.165) is 25.7 Å². The van der Waals surface area contributed by atoms with Crippen molar-refractivity contribution in [3.63, 3.8) is 0 Å². The highest BCUT2D eigenvalue weighted by Crippen LogP contribution is 2.28. The Morgan fingerprint density at radius 3 is 2.68 bits per heavy atom. The fraction of sp³-hybridized carbons (Fsp3) is 0.500. The van der Waals surface area contributed by atoms with Crippen LogP contribution in [0.15, 0.2) is 18.2 Å². The molecule has 2 rings (SSSR count). The van der Waals surface area contributed by atoms with E-state index in [9.17, 15) is 14.3 Å². The molecule has 0 spiro atoms. The Bertz CT molecular complexity index is 441. The average Bonchev–Trinajstić information content (AvgIpc) is 2.89. The summed E-state index contributed by atoms with van der Waals surface area (Å²) in [5, 5.41) is 9.70. The van der Waals surface area contributed by atoms with Crippen LogP contribution in [0.25, 0.3) is 0 Å². The Labute approximate surface area is 117 Å². The largest absolute Gasteiger partial charge is 0.507 e. The van der Waals surface area contributed by atoms with E-state index in [1.54, 1.807) is 4.90 Å². The minimum atomic E-state index is -0.692. The van der Waals surface area contributed by atoms with Crippen LogP contribution in [-0.2, 0) is 0 Å². The van der Waals surface area contributed by atoms with Crippen LogP contribution in [0.4, 0.5) is 4.39 Å². The number of aromatic hydroxyl groups is 1. The third-order valence-corrected chi connectivity index (χ3v) is 3.73. The van der Waals surface area contributed by atoms with E-state index in [4.69, 9.17) is 11.6 Å². The molecule has 0 unspecified atom stereocenters. The Balaban J connectivity index is 2.28. The molecule has 0 aromatic heterocycles. The summed E-state index contributed by atoms with van der Waals surface area (Å²) in [5.74, 6) is -1.18. The third-order valence-electron chi connectivity index (χ3n) is 3.56. The van der Waals surface area contributed by atoms with Crippen LogP contribution in [0.1, 0.15) is 36.0 Å². The van der Waals surface area contributed by atoms with Gasteiger partial charge < -0.3 is 10.0 Å². The molecule has 3 nitrogen and oxygen atoms in total. The number of carbonyl (C=O) groups is 1. The number of carbonyl (C=O) groups excluding carboxylic acids is 1. The van der Waals surface area contributed by atoms with Crippen molar-refractivity contribution in [1.82, 2.24) is 4.90 Å². The first-order valence-corrected chi connectivity index (χ1v) is 7.03. The maximum atomic E-state index is 13.7. The smallest absolute Gasteiger partial charge is 0.260 e. The molecule has 1 aliphatic rings. The van der Waals surface area contributed by atoms with Gasteiger partial charge in [-0.3, -0.25) is 4.79 Å². The van der Waals surface area contributed by atoms with Crippen molar-refractivity contribution in [3.8, 4) is 5.75 Å². The molecule has 5 heteroatoms. The van der Waals surface area contributed by atoms with Gasteiger partial charge >= 0.3 is 0 Å². The summed E-state index contributed by atoms with van der Waals surface area (Å²) in [6, 6.07) is 3.98. The molecule has 19 heavy (non-hydrogen) atoms. The molecule has 1 amide bonds. The van der Waals surface area contributed by atoms with Gasteiger partial charge in [-0.05, 0) is 25.0 Å². The lowest BCUT2D eigenvalue weighted by atomic mass is 10.1. The normalized spacial score (nSPS) is 15.7. The quantitative estimate of drug-likeness (QED) is 0.863. The lowest BCUT2D eigenvalue weighted by Crippen LogP contribution is -2.40. The van der Waals surface area contributed by atoms with Crippen LogP contribution in [0.5, 0.6) is 5.75 Å². The lowest BCUT2D eigenvalue weighted by molar-refractivity contribution is 0.0687. The SMILES string of the molecule is O=C(c1c(O)cccc1F)N(CCCl)C1CCCC1. The number of phenolic OH excluding ortho intramolecular Hbond substituents is 1. The van der Waals surface area contributed by atoms with Crippen LogP contribution < -0.4 is 0 Å². The number of halogens is 2. The molecular formula is C14H17ClFNO2. The molecule has 0 aliphatic heterocycles. The highest BCUT2D eigenvalue weighted by molar-refractivity contribution is 6.18. The van der Waals surface area contributed by atoms with Gasteiger partial charge in [0.1, 0.15) is 17.1 Å². The van der Waals surface area contributed by atoms with Gasteiger partial charge in [-0.1, -0.05) is 18.9 Å². The van der Waals surface area contributed by atoms with Crippen molar-refractivity contribution in [3.05, 3.63) is 29.6 Å². The zero-order valence-corrected chi connectivity index (χ0v) is 11.4. The predicted octanol–water partition coefficient (Wildman–Crippen LogP) is 3.15. The maximum absolute atomic E-state index is 13.7. The second-order valence-corrected chi connectivity index (χ2v) is 5.14. The van der Waals surface area contributed by atoms with E-state index in [-0.39, 0.29) is 17.4 Å². The Morgan fingerprint density at radius 2 is 2.11 bits per heavy atom. The molecule has 1 saturated carbocycles. The van der Waals surface area contributed by atoms with Gasteiger partial charge in [-0.25, -0.2) is 4.39 Å². The average molecular weight is 286 g/mol. The second-order valence-electron chi connectivity index (χ2n) is 4.76. The summed E-state index contributed by atoms with van der Waals surface area (Å²) in [5.41, 5.74) is -0.250. The molecule has 1 aliphatic carbocycles. The Morgan fingerprint density at radius 1 is 1.42 bits per heavy atom. The highest BCUT2D eigenvalue weighted by atomic mass is 35.5. The lowest BCUT2D eigenvalue weighted by Gasteiger charge is -2.28. The molecule has 0 saturated heterocycles. The van der Waals surface area contributed by atoms with E-state index in [2.05, 4.69) is 0 Å². The summed E-state index contributed by atoms with van der Waals surface area (Å²) in [4.78, 5) is 14.0. The molecule has 1 aromatic rings. The molecule has 1 fully saturated rings. The van der Waals surface area contributed by atoms with E-state index >= 15 is 0 Å². The van der Waals surface area contributed by atoms with E-state index in [0.29, 0.717) is 12.4 Å². The fourth-order valence-electron chi connectivity index (χ4n) is 2.63. The number of amides is 1. The zero-order valence-electron chi connectivity index (χ0n) is 10.6.